The number of nitrogens with zero attached hydrogens (tertiary/aromatic N) is 4. The fraction of sp³-hybridized carbons (Fsp3) is 0.765. The van der Waals surface area contributed by atoms with Crippen molar-refractivity contribution in [1.29, 1.82) is 0 Å². The molecule has 6 nitrogen and oxygen atoms in total. The van der Waals surface area contributed by atoms with E-state index in [1.165, 1.54) is 6.42 Å². The first-order chi connectivity index (χ1) is 11.1. The van der Waals surface area contributed by atoms with E-state index >= 15 is 0 Å². The van der Waals surface area contributed by atoms with Gasteiger partial charge in [-0.1, -0.05) is 6.92 Å². The number of guanidine groups is 1. The molecule has 2 rings (SSSR count). The number of likely N-dealkylation sites (tertiary alicyclic amines) is 1. The zero-order valence-electron chi connectivity index (χ0n) is 15.3. The van der Waals surface area contributed by atoms with Crippen LogP contribution >= 0.6 is 24.0 Å². The number of hydrogen-bond donors (Lipinski definition) is 1. The summed E-state index contributed by atoms with van der Waals surface area (Å²) in [6.07, 6.45) is 8.29. The van der Waals surface area contributed by atoms with Gasteiger partial charge >= 0.3 is 0 Å². The van der Waals surface area contributed by atoms with Gasteiger partial charge in [0.2, 0.25) is 0 Å². The smallest absolute Gasteiger partial charge is 0.193 e. The zero-order valence-corrected chi connectivity index (χ0v) is 17.6. The molecule has 1 aliphatic rings. The Morgan fingerprint density at radius 3 is 2.88 bits per heavy atom. The van der Waals surface area contributed by atoms with Gasteiger partial charge < -0.3 is 19.5 Å². The van der Waals surface area contributed by atoms with Crippen LogP contribution in [0.1, 0.15) is 39.7 Å². The first-order valence-corrected chi connectivity index (χ1v) is 8.66. The van der Waals surface area contributed by atoms with E-state index in [1.54, 1.807) is 0 Å². The largest absolute Gasteiger partial charge is 0.379 e. The van der Waals surface area contributed by atoms with Crippen molar-refractivity contribution >= 4 is 29.9 Å². The molecule has 0 amide bonds. The van der Waals surface area contributed by atoms with E-state index in [4.69, 9.17) is 4.74 Å². The summed E-state index contributed by atoms with van der Waals surface area (Å²) in [5.41, 5.74) is 0. The van der Waals surface area contributed by atoms with E-state index in [-0.39, 0.29) is 24.0 Å². The first-order valence-electron chi connectivity index (χ1n) is 8.66. The van der Waals surface area contributed by atoms with E-state index < -0.39 is 0 Å². The number of piperidine rings is 1. The van der Waals surface area contributed by atoms with Crippen molar-refractivity contribution in [3.63, 3.8) is 0 Å². The van der Waals surface area contributed by atoms with Gasteiger partial charge in [-0.3, -0.25) is 4.99 Å². The Balaban J connectivity index is 0.00000288. The maximum atomic E-state index is 5.58. The summed E-state index contributed by atoms with van der Waals surface area (Å²) < 4.78 is 7.80. The van der Waals surface area contributed by atoms with Crippen molar-refractivity contribution in [2.45, 2.75) is 45.8 Å². The van der Waals surface area contributed by atoms with Crippen LogP contribution in [0.2, 0.25) is 0 Å². The number of aromatic nitrogens is 2. The van der Waals surface area contributed by atoms with Gasteiger partial charge in [-0.2, -0.15) is 0 Å². The summed E-state index contributed by atoms with van der Waals surface area (Å²) in [5.74, 6) is 1.64. The van der Waals surface area contributed by atoms with Gasteiger partial charge in [0.1, 0.15) is 0 Å². The van der Waals surface area contributed by atoms with E-state index in [2.05, 4.69) is 51.7 Å². The van der Waals surface area contributed by atoms with E-state index in [0.717, 1.165) is 38.6 Å². The van der Waals surface area contributed by atoms with Crippen LogP contribution in [0.25, 0.3) is 0 Å². The topological polar surface area (TPSA) is 54.7 Å². The van der Waals surface area contributed by atoms with E-state index in [0.29, 0.717) is 18.1 Å². The molecule has 1 aliphatic heterocycles. The maximum Gasteiger partial charge on any atom is 0.193 e. The van der Waals surface area contributed by atoms with Crippen LogP contribution in [-0.4, -0.2) is 59.8 Å². The van der Waals surface area contributed by atoms with Crippen molar-refractivity contribution in [3.8, 4) is 0 Å². The molecule has 1 N–H and O–H groups in total. The van der Waals surface area contributed by atoms with Crippen LogP contribution < -0.4 is 5.32 Å². The molecule has 0 saturated carbocycles. The summed E-state index contributed by atoms with van der Waals surface area (Å²) in [4.78, 5) is 11.0. The number of nitrogens with one attached hydrogen (secondary N) is 1. The van der Waals surface area contributed by atoms with Crippen molar-refractivity contribution in [2.24, 2.45) is 10.9 Å². The minimum Gasteiger partial charge on any atom is -0.379 e. The molecular weight excluding hydrogens is 417 g/mol. The number of hydrogen-bond acceptors (Lipinski definition) is 3. The molecule has 2 heterocycles. The molecule has 0 spiro atoms. The highest BCUT2D eigenvalue weighted by atomic mass is 127. The van der Waals surface area contributed by atoms with Crippen LogP contribution in [0.15, 0.2) is 23.7 Å². The van der Waals surface area contributed by atoms with Gasteiger partial charge in [-0.25, -0.2) is 4.98 Å². The molecule has 1 aromatic rings. The molecule has 1 fully saturated rings. The second-order valence-electron chi connectivity index (χ2n) is 6.54. The van der Waals surface area contributed by atoms with Gasteiger partial charge in [0, 0.05) is 45.7 Å². The highest BCUT2D eigenvalue weighted by Gasteiger charge is 2.28. The molecule has 0 aromatic carbocycles. The first kappa shape index (κ1) is 21.2. The van der Waals surface area contributed by atoms with E-state index in [9.17, 15) is 0 Å². The predicted molar refractivity (Wildman–Crippen MR) is 109 cm³/mol. The Morgan fingerprint density at radius 2 is 2.25 bits per heavy atom. The average Bonchev–Trinajstić information content (AvgIpc) is 3.05. The second-order valence-corrected chi connectivity index (χ2v) is 6.54. The zero-order chi connectivity index (χ0) is 16.7. The van der Waals surface area contributed by atoms with Crippen molar-refractivity contribution in [3.05, 3.63) is 18.7 Å². The molecule has 24 heavy (non-hydrogen) atoms. The highest BCUT2D eigenvalue weighted by Crippen LogP contribution is 2.27. The molecule has 1 aromatic heterocycles. The summed E-state index contributed by atoms with van der Waals surface area (Å²) in [6, 6.07) is 0.453. The molecule has 7 heteroatoms. The Labute approximate surface area is 163 Å². The van der Waals surface area contributed by atoms with Crippen molar-refractivity contribution in [1.82, 2.24) is 19.8 Å². The van der Waals surface area contributed by atoms with Crippen molar-refractivity contribution < 1.29 is 4.74 Å². The third kappa shape index (κ3) is 6.23. The summed E-state index contributed by atoms with van der Waals surface area (Å²) in [5, 5.41) is 3.46. The van der Waals surface area contributed by atoms with Crippen LogP contribution in [0.5, 0.6) is 0 Å². The standard InChI is InChI=1S/C17H31N5O.HI/c1-14(2)23-11-5-7-20-17(18-4)21-9-6-15(3)16(12-21)22-10-8-19-13-22;/h8,10,13-16H,5-7,9,11-12H2,1-4H3,(H,18,20);1H. The maximum absolute atomic E-state index is 5.58. The van der Waals surface area contributed by atoms with Gasteiger partial charge in [-0.15, -0.1) is 24.0 Å². The van der Waals surface area contributed by atoms with Gasteiger partial charge in [0.15, 0.2) is 5.96 Å². The molecule has 0 aliphatic carbocycles. The van der Waals surface area contributed by atoms with Crippen molar-refractivity contribution in [2.75, 3.05) is 33.3 Å². The lowest BCUT2D eigenvalue weighted by atomic mass is 9.93. The lowest BCUT2D eigenvalue weighted by Crippen LogP contribution is -2.49. The van der Waals surface area contributed by atoms with Crippen LogP contribution in [0.4, 0.5) is 0 Å². The Hall–Kier alpha value is -0.830. The lowest BCUT2D eigenvalue weighted by Gasteiger charge is -2.39. The minimum absolute atomic E-state index is 0. The van der Waals surface area contributed by atoms with Crippen LogP contribution in [-0.2, 0) is 4.74 Å². The minimum atomic E-state index is 0. The Bertz CT molecular complexity index is 477. The molecule has 2 atom stereocenters. The Kier molecular flexibility index (Phi) is 9.65. The highest BCUT2D eigenvalue weighted by molar-refractivity contribution is 14.0. The van der Waals surface area contributed by atoms with E-state index in [1.807, 2.05) is 19.6 Å². The monoisotopic (exact) mass is 449 g/mol. The second kappa shape index (κ2) is 10.9. The third-order valence-electron chi connectivity index (χ3n) is 4.39. The summed E-state index contributed by atoms with van der Waals surface area (Å²) in [7, 11) is 1.86. The molecule has 0 bridgehead atoms. The average molecular weight is 449 g/mol. The van der Waals surface area contributed by atoms with Gasteiger partial charge in [0.05, 0.1) is 18.5 Å². The normalized spacial score (nSPS) is 21.7. The lowest BCUT2D eigenvalue weighted by molar-refractivity contribution is 0.0775. The molecular formula is C17H32IN5O. The molecule has 138 valence electrons. The van der Waals surface area contributed by atoms with Gasteiger partial charge in [-0.05, 0) is 32.6 Å². The predicted octanol–water partition coefficient (Wildman–Crippen LogP) is 2.77. The quantitative estimate of drug-likeness (QED) is 0.314. The number of ether oxygens (including phenoxy) is 1. The van der Waals surface area contributed by atoms with Crippen LogP contribution in [0, 0.1) is 5.92 Å². The summed E-state index contributed by atoms with van der Waals surface area (Å²) in [6.45, 7) is 10.2. The van der Waals surface area contributed by atoms with Gasteiger partial charge in [0.25, 0.3) is 0 Å². The SMILES string of the molecule is CN=C(NCCCOC(C)C)N1CCC(C)C(n2ccnc2)C1.I. The third-order valence-corrected chi connectivity index (χ3v) is 4.39. The molecule has 0 radical (unpaired) electrons. The number of halogens is 1. The number of rotatable bonds is 6. The molecule has 1 saturated heterocycles. The Morgan fingerprint density at radius 1 is 1.46 bits per heavy atom. The number of imidazole rings is 1. The number of aliphatic imine (C=N–C) groups is 1. The van der Waals surface area contributed by atoms with Crippen LogP contribution in [0.3, 0.4) is 0 Å². The fourth-order valence-corrected chi connectivity index (χ4v) is 3.02. The summed E-state index contributed by atoms with van der Waals surface area (Å²) >= 11 is 0. The fourth-order valence-electron chi connectivity index (χ4n) is 3.02. The molecule has 2 unspecified atom stereocenters.